The minimum absolute atomic E-state index is 0.00268. The zero-order chi connectivity index (χ0) is 32.4. The van der Waals surface area contributed by atoms with Crippen molar-refractivity contribution in [2.24, 2.45) is 5.92 Å². The number of hydrogen-bond acceptors (Lipinski definition) is 10. The van der Waals surface area contributed by atoms with Crippen LogP contribution in [-0.4, -0.2) is 85.8 Å². The fourth-order valence-electron chi connectivity index (χ4n) is 5.91. The second-order valence-corrected chi connectivity index (χ2v) is 12.6. The Labute approximate surface area is 268 Å². The van der Waals surface area contributed by atoms with Gasteiger partial charge >= 0.3 is 12.1 Å². The van der Waals surface area contributed by atoms with Gasteiger partial charge in [-0.15, -0.1) is 0 Å². The Morgan fingerprint density at radius 1 is 1.30 bits per heavy atom. The van der Waals surface area contributed by atoms with Crippen molar-refractivity contribution in [2.75, 3.05) is 31.9 Å². The summed E-state index contributed by atoms with van der Waals surface area (Å²) >= 11 is 10.8. The first-order chi connectivity index (χ1) is 20.8. The highest BCUT2D eigenvalue weighted by Gasteiger charge is 2.64. The maximum absolute atomic E-state index is 13.8. The lowest BCUT2D eigenvalue weighted by Crippen LogP contribution is -2.63. The van der Waals surface area contributed by atoms with Gasteiger partial charge in [-0.3, -0.25) is 14.9 Å². The van der Waals surface area contributed by atoms with Gasteiger partial charge in [-0.1, -0.05) is 42.3 Å². The van der Waals surface area contributed by atoms with E-state index in [1.54, 1.807) is 32.2 Å². The van der Waals surface area contributed by atoms with E-state index in [9.17, 15) is 19.5 Å². The highest BCUT2D eigenvalue weighted by molar-refractivity contribution is 7.80. The molecule has 2 N–H and O–H groups in total. The van der Waals surface area contributed by atoms with E-state index in [0.717, 1.165) is 11.1 Å². The maximum atomic E-state index is 13.8. The molecule has 3 aliphatic rings. The van der Waals surface area contributed by atoms with E-state index < -0.39 is 53.7 Å². The summed E-state index contributed by atoms with van der Waals surface area (Å²) in [5.74, 6) is -0.663. The second-order valence-electron chi connectivity index (χ2n) is 11.7. The number of halogens is 1. The van der Waals surface area contributed by atoms with Crippen molar-refractivity contribution >= 4 is 47.9 Å². The second kappa shape index (κ2) is 13.7. The Bertz CT molecular complexity index is 1340. The number of alkyl carbamates (subject to hydrolysis) is 1. The number of anilines is 1. The van der Waals surface area contributed by atoms with Gasteiger partial charge in [-0.05, 0) is 38.0 Å². The Morgan fingerprint density at radius 2 is 2.02 bits per heavy atom. The number of rotatable bonds is 5. The molecule has 7 unspecified atom stereocenters. The SMILES string of the molecule is COc1cc2cc(c1Cl)N(C)C(=O)CC(OC(=O)CCS)C1(C)OC1C(C)C1CC(O)(NC(=O)O1)C(OC)/C=C/C=C(\C)C2. The Balaban J connectivity index is 1.79. The third-order valence-corrected chi connectivity index (χ3v) is 9.14. The number of methoxy groups -OCH3 is 2. The molecule has 0 aromatic heterocycles. The number of carbonyl (C=O) groups is 3. The van der Waals surface area contributed by atoms with E-state index >= 15 is 0 Å². The quantitative estimate of drug-likeness (QED) is 0.245. The molecule has 3 aliphatic heterocycles. The monoisotopic (exact) mass is 652 g/mol. The van der Waals surface area contributed by atoms with Crippen LogP contribution in [0.25, 0.3) is 0 Å². The Hall–Kier alpha value is -2.77. The van der Waals surface area contributed by atoms with Crippen LogP contribution in [0, 0.1) is 5.92 Å². The van der Waals surface area contributed by atoms with Gasteiger partial charge in [0.1, 0.15) is 34.7 Å². The Morgan fingerprint density at radius 3 is 2.68 bits per heavy atom. The average Bonchev–Trinajstić information content (AvgIpc) is 3.66. The lowest BCUT2D eigenvalue weighted by molar-refractivity contribution is -0.153. The molecule has 2 amide bonds. The summed E-state index contributed by atoms with van der Waals surface area (Å²) in [6, 6.07) is 3.62. The Kier molecular flexibility index (Phi) is 10.6. The third-order valence-electron chi connectivity index (χ3n) is 8.54. The number of benzene rings is 1. The van der Waals surface area contributed by atoms with Crippen molar-refractivity contribution in [2.45, 2.75) is 82.2 Å². The van der Waals surface area contributed by atoms with Gasteiger partial charge in [0.25, 0.3) is 0 Å². The molecular weight excluding hydrogens is 612 g/mol. The highest BCUT2D eigenvalue weighted by atomic mass is 35.5. The standard InChI is InChI=1S/C31H41ClN2O9S/c1-17-8-7-9-23(40-6)31(38)16-22(41-29(37)33-31)18(2)28-30(3,43-28)24(42-26(36)10-11-44)15-25(35)34(4)20-13-19(12-17)14-21(39-5)27(20)32/h7-9,13-14,18,22-24,28,38,44H,10-12,15-16H2,1-6H3,(H,33,37)/b9-7+,17-8+. The first-order valence-electron chi connectivity index (χ1n) is 14.4. The van der Waals surface area contributed by atoms with Gasteiger partial charge in [0.15, 0.2) is 5.72 Å². The fraction of sp³-hybridized carbons (Fsp3) is 0.581. The molecule has 0 spiro atoms. The van der Waals surface area contributed by atoms with Crippen molar-refractivity contribution in [1.82, 2.24) is 5.32 Å². The largest absolute Gasteiger partial charge is 0.495 e. The minimum Gasteiger partial charge on any atom is -0.495 e. The summed E-state index contributed by atoms with van der Waals surface area (Å²) in [4.78, 5) is 40.5. The van der Waals surface area contributed by atoms with Crippen molar-refractivity contribution < 1.29 is 43.2 Å². The van der Waals surface area contributed by atoms with Crippen molar-refractivity contribution in [3.63, 3.8) is 0 Å². The maximum Gasteiger partial charge on any atom is 0.409 e. The first-order valence-corrected chi connectivity index (χ1v) is 15.5. The molecule has 11 nitrogen and oxygen atoms in total. The van der Waals surface area contributed by atoms with E-state index in [0.29, 0.717) is 17.9 Å². The highest BCUT2D eigenvalue weighted by Crippen LogP contribution is 2.49. The van der Waals surface area contributed by atoms with Crippen molar-refractivity contribution in [3.05, 3.63) is 46.5 Å². The molecule has 242 valence electrons. The molecule has 2 fully saturated rings. The molecule has 4 bridgehead atoms. The number of thiol groups is 1. The number of nitrogens with one attached hydrogen (secondary N) is 1. The lowest BCUT2D eigenvalue weighted by atomic mass is 9.83. The number of amides is 2. The van der Waals surface area contributed by atoms with Gasteiger partial charge in [-0.2, -0.15) is 12.6 Å². The number of esters is 1. The number of nitrogens with zero attached hydrogens (tertiary/aromatic N) is 1. The van der Waals surface area contributed by atoms with Gasteiger partial charge in [-0.25, -0.2) is 4.79 Å². The summed E-state index contributed by atoms with van der Waals surface area (Å²) < 4.78 is 28.7. The number of ether oxygens (including phenoxy) is 5. The molecule has 1 aromatic carbocycles. The van der Waals surface area contributed by atoms with Crippen molar-refractivity contribution in [1.29, 1.82) is 0 Å². The van der Waals surface area contributed by atoms with Gasteiger partial charge in [0.2, 0.25) is 5.91 Å². The number of allylic oxidation sites excluding steroid dienone is 3. The third kappa shape index (κ3) is 7.20. The predicted molar refractivity (Wildman–Crippen MR) is 167 cm³/mol. The topological polar surface area (TPSA) is 136 Å². The van der Waals surface area contributed by atoms with Crippen LogP contribution >= 0.6 is 24.2 Å². The van der Waals surface area contributed by atoms with E-state index in [-0.39, 0.29) is 35.9 Å². The fourth-order valence-corrected chi connectivity index (χ4v) is 6.41. The van der Waals surface area contributed by atoms with Crippen LogP contribution in [0.15, 0.2) is 35.9 Å². The molecule has 4 rings (SSSR count). The van der Waals surface area contributed by atoms with Gasteiger partial charge in [0.05, 0.1) is 31.7 Å². The number of hydrogen-bond donors (Lipinski definition) is 3. The van der Waals surface area contributed by atoms with E-state index in [4.69, 9.17) is 35.3 Å². The zero-order valence-corrected chi connectivity index (χ0v) is 27.4. The van der Waals surface area contributed by atoms with Gasteiger partial charge < -0.3 is 33.7 Å². The molecule has 44 heavy (non-hydrogen) atoms. The van der Waals surface area contributed by atoms with Crippen molar-refractivity contribution in [3.8, 4) is 5.75 Å². The molecule has 2 saturated heterocycles. The molecular formula is C31H41ClN2O9S. The molecule has 13 heteroatoms. The average molecular weight is 653 g/mol. The smallest absolute Gasteiger partial charge is 0.409 e. The number of epoxide rings is 1. The minimum atomic E-state index is -1.77. The molecule has 0 aliphatic carbocycles. The van der Waals surface area contributed by atoms with E-state index in [1.165, 1.54) is 19.1 Å². The summed E-state index contributed by atoms with van der Waals surface area (Å²) in [5, 5.41) is 14.4. The van der Waals surface area contributed by atoms with Crippen LogP contribution < -0.4 is 15.0 Å². The molecule has 0 radical (unpaired) electrons. The van der Waals surface area contributed by atoms with Crippen LogP contribution in [0.4, 0.5) is 10.5 Å². The zero-order valence-electron chi connectivity index (χ0n) is 25.8. The van der Waals surface area contributed by atoms with Crippen LogP contribution in [0.3, 0.4) is 0 Å². The molecule has 0 saturated carbocycles. The molecule has 1 aromatic rings. The predicted octanol–water partition coefficient (Wildman–Crippen LogP) is 3.99. The first kappa shape index (κ1) is 34.1. The van der Waals surface area contributed by atoms with Crippen LogP contribution in [0.5, 0.6) is 5.75 Å². The summed E-state index contributed by atoms with van der Waals surface area (Å²) in [6.07, 6.45) is 1.61. The normalized spacial score (nSPS) is 34.5. The number of aliphatic hydroxyl groups is 1. The summed E-state index contributed by atoms with van der Waals surface area (Å²) in [6.45, 7) is 5.51. The van der Waals surface area contributed by atoms with E-state index in [2.05, 4.69) is 17.9 Å². The molecule has 7 atom stereocenters. The lowest BCUT2D eigenvalue weighted by Gasteiger charge is -2.42. The molecule has 3 heterocycles. The summed E-state index contributed by atoms with van der Waals surface area (Å²) in [5.41, 5.74) is -0.621. The van der Waals surface area contributed by atoms with Crippen LogP contribution in [0.2, 0.25) is 5.02 Å². The van der Waals surface area contributed by atoms with E-state index in [1.807, 2.05) is 26.0 Å². The van der Waals surface area contributed by atoms with Crippen LogP contribution in [-0.2, 0) is 35.0 Å². The number of carbonyl (C=O) groups excluding carboxylic acids is 3. The number of fused-ring (bicyclic) bond motifs is 5. The van der Waals surface area contributed by atoms with Gasteiger partial charge in [0, 0.05) is 32.2 Å². The summed E-state index contributed by atoms with van der Waals surface area (Å²) in [7, 11) is 4.55. The van der Waals surface area contributed by atoms with Crippen LogP contribution in [0.1, 0.15) is 45.6 Å².